The number of carbonyl (C=O) groups is 3. The number of aryl methyl sites for hydroxylation is 2. The van der Waals surface area contributed by atoms with Crippen LogP contribution in [0.5, 0.6) is 5.75 Å². The Labute approximate surface area is 176 Å². The lowest BCUT2D eigenvalue weighted by molar-refractivity contribution is -0.135. The summed E-state index contributed by atoms with van der Waals surface area (Å²) in [6, 6.07) is 12.6. The summed E-state index contributed by atoms with van der Waals surface area (Å²) in [5, 5.41) is 2.83. The number of likely N-dealkylation sites (N-methyl/N-ethyl adjacent to an activating group) is 1. The van der Waals surface area contributed by atoms with Gasteiger partial charge in [-0.25, -0.2) is 0 Å². The largest absolute Gasteiger partial charge is 0.484 e. The Kier molecular flexibility index (Phi) is 6.40. The monoisotopic (exact) mass is 409 g/mol. The molecule has 7 heteroatoms. The van der Waals surface area contributed by atoms with Gasteiger partial charge in [0.25, 0.3) is 5.91 Å². The predicted molar refractivity (Wildman–Crippen MR) is 116 cm³/mol. The summed E-state index contributed by atoms with van der Waals surface area (Å²) in [6.07, 6.45) is 0.188. The molecule has 3 rings (SSSR count). The zero-order valence-corrected chi connectivity index (χ0v) is 17.8. The molecule has 0 aromatic heterocycles. The summed E-state index contributed by atoms with van der Waals surface area (Å²) in [5.41, 5.74) is 3.33. The van der Waals surface area contributed by atoms with Crippen molar-refractivity contribution in [1.82, 2.24) is 4.90 Å². The Bertz CT molecular complexity index is 952. The molecule has 2 aromatic rings. The molecule has 0 spiro atoms. The van der Waals surface area contributed by atoms with Crippen LogP contribution in [0.3, 0.4) is 0 Å². The second kappa shape index (κ2) is 8.98. The number of para-hydroxylation sites is 2. The van der Waals surface area contributed by atoms with Crippen molar-refractivity contribution >= 4 is 29.1 Å². The van der Waals surface area contributed by atoms with E-state index in [1.54, 1.807) is 30.1 Å². The molecule has 0 unspecified atom stereocenters. The molecule has 0 fully saturated rings. The number of anilines is 2. The van der Waals surface area contributed by atoms with Crippen molar-refractivity contribution in [2.24, 2.45) is 0 Å². The van der Waals surface area contributed by atoms with Gasteiger partial charge in [0.1, 0.15) is 5.75 Å². The fraction of sp³-hybridized carbons (Fsp3) is 0.348. The molecule has 0 radical (unpaired) electrons. The van der Waals surface area contributed by atoms with Crippen LogP contribution in [0.25, 0.3) is 0 Å². The number of benzene rings is 2. The van der Waals surface area contributed by atoms with Gasteiger partial charge in [0.15, 0.2) is 6.61 Å². The smallest absolute Gasteiger partial charge is 0.260 e. The summed E-state index contributed by atoms with van der Waals surface area (Å²) >= 11 is 0. The Hall–Kier alpha value is -3.35. The number of ether oxygens (including phenoxy) is 1. The van der Waals surface area contributed by atoms with E-state index in [2.05, 4.69) is 5.32 Å². The van der Waals surface area contributed by atoms with Gasteiger partial charge in [-0.2, -0.15) is 0 Å². The second-order valence-electron chi connectivity index (χ2n) is 7.74. The molecular formula is C23H27N3O4. The zero-order chi connectivity index (χ0) is 21.8. The third kappa shape index (κ3) is 4.97. The molecule has 1 aliphatic rings. The summed E-state index contributed by atoms with van der Waals surface area (Å²) in [5.74, 6) is -0.0714. The van der Waals surface area contributed by atoms with Crippen LogP contribution in [0.1, 0.15) is 24.5 Å². The minimum Gasteiger partial charge on any atom is -0.484 e. The van der Waals surface area contributed by atoms with Gasteiger partial charge in [-0.3, -0.25) is 14.4 Å². The normalized spacial score (nSPS) is 15.7. The van der Waals surface area contributed by atoms with E-state index in [9.17, 15) is 14.4 Å². The van der Waals surface area contributed by atoms with Crippen LogP contribution >= 0.6 is 0 Å². The van der Waals surface area contributed by atoms with E-state index >= 15 is 0 Å². The highest BCUT2D eigenvalue weighted by atomic mass is 16.5. The zero-order valence-electron chi connectivity index (χ0n) is 17.8. The highest BCUT2D eigenvalue weighted by Gasteiger charge is 2.30. The van der Waals surface area contributed by atoms with Gasteiger partial charge in [-0.15, -0.1) is 0 Å². The van der Waals surface area contributed by atoms with Crippen LogP contribution in [0.15, 0.2) is 42.5 Å². The third-order valence-corrected chi connectivity index (χ3v) is 4.98. The van der Waals surface area contributed by atoms with Gasteiger partial charge in [-0.1, -0.05) is 18.2 Å². The van der Waals surface area contributed by atoms with E-state index < -0.39 is 0 Å². The first-order valence-corrected chi connectivity index (χ1v) is 9.90. The number of hydrogen-bond acceptors (Lipinski definition) is 4. The minimum atomic E-state index is -0.323. The topological polar surface area (TPSA) is 79.0 Å². The first-order chi connectivity index (χ1) is 14.2. The van der Waals surface area contributed by atoms with E-state index in [1.807, 2.05) is 45.0 Å². The van der Waals surface area contributed by atoms with Crippen LogP contribution in [-0.4, -0.2) is 48.9 Å². The highest BCUT2D eigenvalue weighted by molar-refractivity contribution is 6.05. The summed E-state index contributed by atoms with van der Waals surface area (Å²) in [4.78, 5) is 40.6. The fourth-order valence-corrected chi connectivity index (χ4v) is 3.61. The number of rotatable bonds is 5. The molecule has 0 saturated carbocycles. The molecule has 0 aliphatic carbocycles. The Morgan fingerprint density at radius 1 is 1.17 bits per heavy atom. The lowest BCUT2D eigenvalue weighted by Gasteiger charge is -2.29. The first kappa shape index (κ1) is 21.4. The van der Waals surface area contributed by atoms with Crippen molar-refractivity contribution < 1.29 is 19.1 Å². The molecule has 1 aliphatic heterocycles. The standard InChI is InChI=1S/C23H27N3O4/c1-15-9-16(2)11-18(10-15)30-14-23(29)25(4)13-22(28)26-17(3)12-21(27)24-19-7-5-6-8-20(19)26/h5-11,17H,12-14H2,1-4H3,(H,24,27)/t17-/m1/s1. The Morgan fingerprint density at radius 3 is 2.53 bits per heavy atom. The molecule has 0 saturated heterocycles. The third-order valence-electron chi connectivity index (χ3n) is 4.98. The Morgan fingerprint density at radius 2 is 1.83 bits per heavy atom. The Balaban J connectivity index is 1.67. The summed E-state index contributed by atoms with van der Waals surface area (Å²) < 4.78 is 5.62. The van der Waals surface area contributed by atoms with Crippen LogP contribution in [-0.2, 0) is 14.4 Å². The van der Waals surface area contributed by atoms with E-state index in [0.29, 0.717) is 17.1 Å². The fourth-order valence-electron chi connectivity index (χ4n) is 3.61. The van der Waals surface area contributed by atoms with Gasteiger partial charge in [0, 0.05) is 19.5 Å². The van der Waals surface area contributed by atoms with E-state index in [4.69, 9.17) is 4.74 Å². The minimum absolute atomic E-state index is 0.109. The van der Waals surface area contributed by atoms with Crippen LogP contribution in [0, 0.1) is 13.8 Å². The maximum Gasteiger partial charge on any atom is 0.260 e. The maximum absolute atomic E-state index is 13.1. The first-order valence-electron chi connectivity index (χ1n) is 9.90. The van der Waals surface area contributed by atoms with Gasteiger partial charge >= 0.3 is 0 Å². The average molecular weight is 409 g/mol. The molecule has 1 atom stereocenters. The van der Waals surface area contributed by atoms with Crippen molar-refractivity contribution in [3.8, 4) is 5.75 Å². The van der Waals surface area contributed by atoms with Gasteiger partial charge in [0.05, 0.1) is 17.9 Å². The van der Waals surface area contributed by atoms with Crippen molar-refractivity contribution in [2.75, 3.05) is 30.4 Å². The number of fused-ring (bicyclic) bond motifs is 1. The number of nitrogens with zero attached hydrogens (tertiary/aromatic N) is 2. The molecule has 30 heavy (non-hydrogen) atoms. The highest BCUT2D eigenvalue weighted by Crippen LogP contribution is 2.31. The lowest BCUT2D eigenvalue weighted by atomic mass is 10.1. The van der Waals surface area contributed by atoms with Crippen LogP contribution < -0.4 is 15.0 Å². The quantitative estimate of drug-likeness (QED) is 0.824. The molecule has 1 N–H and O–H groups in total. The van der Waals surface area contributed by atoms with E-state index in [-0.39, 0.29) is 43.3 Å². The second-order valence-corrected chi connectivity index (χ2v) is 7.74. The van der Waals surface area contributed by atoms with Gasteiger partial charge < -0.3 is 19.9 Å². The maximum atomic E-state index is 13.1. The molecule has 2 aromatic carbocycles. The average Bonchev–Trinajstić information content (AvgIpc) is 2.79. The van der Waals surface area contributed by atoms with Gasteiger partial charge in [0.2, 0.25) is 11.8 Å². The predicted octanol–water partition coefficient (Wildman–Crippen LogP) is 2.90. The van der Waals surface area contributed by atoms with Crippen LogP contribution in [0.2, 0.25) is 0 Å². The SMILES string of the molecule is Cc1cc(C)cc(OCC(=O)N(C)CC(=O)N2c3ccccc3NC(=O)C[C@H]2C)c1. The molecule has 0 bridgehead atoms. The van der Waals surface area contributed by atoms with Crippen LogP contribution in [0.4, 0.5) is 11.4 Å². The van der Waals surface area contributed by atoms with Crippen molar-refractivity contribution in [1.29, 1.82) is 0 Å². The molecule has 3 amide bonds. The van der Waals surface area contributed by atoms with Gasteiger partial charge in [-0.05, 0) is 56.2 Å². The van der Waals surface area contributed by atoms with Crippen molar-refractivity contribution in [3.05, 3.63) is 53.6 Å². The molecule has 158 valence electrons. The van der Waals surface area contributed by atoms with E-state index in [0.717, 1.165) is 11.1 Å². The van der Waals surface area contributed by atoms with E-state index in [1.165, 1.54) is 4.90 Å². The number of amides is 3. The summed E-state index contributed by atoms with van der Waals surface area (Å²) in [7, 11) is 1.57. The van der Waals surface area contributed by atoms with Crippen molar-refractivity contribution in [2.45, 2.75) is 33.2 Å². The number of nitrogens with one attached hydrogen (secondary N) is 1. The molecular weight excluding hydrogens is 382 g/mol. The molecule has 7 nitrogen and oxygen atoms in total. The van der Waals surface area contributed by atoms with Crippen molar-refractivity contribution in [3.63, 3.8) is 0 Å². The number of hydrogen-bond donors (Lipinski definition) is 1. The molecule has 1 heterocycles. The number of carbonyl (C=O) groups excluding carboxylic acids is 3. The lowest BCUT2D eigenvalue weighted by Crippen LogP contribution is -2.46. The summed E-state index contributed by atoms with van der Waals surface area (Å²) in [6.45, 7) is 5.49.